The average molecular weight is 430 g/mol. The topological polar surface area (TPSA) is 85.2 Å². The van der Waals surface area contributed by atoms with Gasteiger partial charge in [0.05, 0.1) is 10.5 Å². The Bertz CT molecular complexity index is 1010. The summed E-state index contributed by atoms with van der Waals surface area (Å²) in [6.07, 6.45) is -1.67. The Labute approximate surface area is 166 Å². The third kappa shape index (κ3) is 4.29. The van der Waals surface area contributed by atoms with Gasteiger partial charge < -0.3 is 4.90 Å². The zero-order chi connectivity index (χ0) is 21.6. The van der Waals surface area contributed by atoms with Crippen LogP contribution in [0.25, 0.3) is 5.82 Å². The molecular formula is C18H21F3N4O3S. The molecule has 0 amide bonds. The van der Waals surface area contributed by atoms with Crippen molar-refractivity contribution in [1.82, 2.24) is 14.8 Å². The van der Waals surface area contributed by atoms with Crippen molar-refractivity contribution in [3.8, 4) is 5.82 Å². The molecular weight excluding hydrogens is 409 g/mol. The first-order valence-electron chi connectivity index (χ1n) is 8.98. The molecule has 29 heavy (non-hydrogen) atoms. The lowest BCUT2D eigenvalue weighted by Gasteiger charge is -2.36. The molecule has 0 bridgehead atoms. The van der Waals surface area contributed by atoms with E-state index in [0.29, 0.717) is 13.1 Å². The number of piperidine rings is 1. The molecule has 3 rings (SSSR count). The van der Waals surface area contributed by atoms with Gasteiger partial charge >= 0.3 is 6.18 Å². The Balaban J connectivity index is 2.20. The van der Waals surface area contributed by atoms with Crippen molar-refractivity contribution < 1.29 is 26.4 Å². The molecule has 0 saturated carbocycles. The minimum absolute atomic E-state index is 0.00289. The lowest BCUT2D eigenvalue weighted by molar-refractivity contribution is -0.141. The van der Waals surface area contributed by atoms with Crippen molar-refractivity contribution in [1.29, 1.82) is 0 Å². The van der Waals surface area contributed by atoms with Crippen molar-refractivity contribution in [2.75, 3.05) is 24.2 Å². The smallest absolute Gasteiger partial charge is 0.355 e. The first-order valence-corrected chi connectivity index (χ1v) is 10.9. The van der Waals surface area contributed by atoms with Crippen LogP contribution >= 0.6 is 0 Å². The van der Waals surface area contributed by atoms with E-state index in [1.807, 2.05) is 13.8 Å². The third-order valence-corrected chi connectivity index (χ3v) is 5.92. The third-order valence-electron chi connectivity index (χ3n) is 4.82. The molecule has 158 valence electrons. The summed E-state index contributed by atoms with van der Waals surface area (Å²) in [5.41, 5.74) is -1.84. The predicted octanol–water partition coefficient (Wildman–Crippen LogP) is 2.98. The SMILES string of the molecule is CC1CC(C)CN(c2c(C=O)c(C(F)(F)F)nn2-c2ccc(S(C)(=O)=O)cn2)C1. The number of anilines is 1. The molecule has 0 N–H and O–H groups in total. The van der Waals surface area contributed by atoms with Crippen LogP contribution in [-0.2, 0) is 16.0 Å². The van der Waals surface area contributed by atoms with Gasteiger partial charge in [0.15, 0.2) is 27.6 Å². The van der Waals surface area contributed by atoms with Gasteiger partial charge in [0, 0.05) is 25.5 Å². The van der Waals surface area contributed by atoms with Crippen molar-refractivity contribution in [2.45, 2.75) is 31.3 Å². The molecule has 1 saturated heterocycles. The number of sulfone groups is 1. The van der Waals surface area contributed by atoms with Crippen LogP contribution in [0, 0.1) is 11.8 Å². The number of rotatable bonds is 4. The van der Waals surface area contributed by atoms with Gasteiger partial charge in [0.1, 0.15) is 5.82 Å². The van der Waals surface area contributed by atoms with E-state index in [9.17, 15) is 26.4 Å². The minimum atomic E-state index is -4.82. The van der Waals surface area contributed by atoms with Crippen LogP contribution < -0.4 is 4.90 Å². The molecule has 2 unspecified atom stereocenters. The van der Waals surface area contributed by atoms with E-state index in [0.717, 1.165) is 23.6 Å². The van der Waals surface area contributed by atoms with E-state index in [4.69, 9.17) is 0 Å². The number of halogens is 3. The quantitative estimate of drug-likeness (QED) is 0.694. The molecule has 0 aromatic carbocycles. The maximum Gasteiger partial charge on any atom is 0.435 e. The molecule has 1 fully saturated rings. The van der Waals surface area contributed by atoms with Crippen LogP contribution in [0.2, 0.25) is 0 Å². The first-order chi connectivity index (χ1) is 13.4. The molecule has 11 heteroatoms. The highest BCUT2D eigenvalue weighted by Crippen LogP contribution is 2.38. The summed E-state index contributed by atoms with van der Waals surface area (Å²) in [5.74, 6) is 0.454. The average Bonchev–Trinajstić information content (AvgIpc) is 3.00. The first kappa shape index (κ1) is 21.3. The summed E-state index contributed by atoms with van der Waals surface area (Å²) in [5, 5.41) is 3.65. The van der Waals surface area contributed by atoms with E-state index in [2.05, 4.69) is 10.1 Å². The second-order valence-electron chi connectivity index (χ2n) is 7.59. The lowest BCUT2D eigenvalue weighted by Crippen LogP contribution is -2.40. The molecule has 2 atom stereocenters. The molecule has 3 heterocycles. The normalized spacial score (nSPS) is 20.7. The minimum Gasteiger partial charge on any atom is -0.355 e. The van der Waals surface area contributed by atoms with Gasteiger partial charge in [-0.3, -0.25) is 4.79 Å². The lowest BCUT2D eigenvalue weighted by atomic mass is 9.91. The van der Waals surface area contributed by atoms with E-state index in [1.165, 1.54) is 12.1 Å². The van der Waals surface area contributed by atoms with Crippen LogP contribution in [0.3, 0.4) is 0 Å². The number of aldehydes is 1. The van der Waals surface area contributed by atoms with Crippen LogP contribution in [0.1, 0.15) is 36.3 Å². The summed E-state index contributed by atoms with van der Waals surface area (Å²) in [6.45, 7) is 4.92. The predicted molar refractivity (Wildman–Crippen MR) is 100 cm³/mol. The van der Waals surface area contributed by atoms with E-state index in [-0.39, 0.29) is 34.7 Å². The Morgan fingerprint density at radius 3 is 2.24 bits per heavy atom. The number of carbonyl (C=O) groups is 1. The van der Waals surface area contributed by atoms with Crippen LogP contribution in [0.4, 0.5) is 19.0 Å². The Kier molecular flexibility index (Phi) is 5.46. The molecule has 0 aliphatic carbocycles. The van der Waals surface area contributed by atoms with Gasteiger partial charge in [-0.05, 0) is 30.4 Å². The van der Waals surface area contributed by atoms with Gasteiger partial charge in [-0.2, -0.15) is 23.0 Å². The Hall–Kier alpha value is -2.43. The van der Waals surface area contributed by atoms with Gasteiger partial charge in [-0.15, -0.1) is 0 Å². The number of pyridine rings is 1. The van der Waals surface area contributed by atoms with Gasteiger partial charge in [-0.1, -0.05) is 13.8 Å². The zero-order valence-electron chi connectivity index (χ0n) is 16.1. The highest BCUT2D eigenvalue weighted by Gasteiger charge is 2.41. The molecule has 2 aromatic heterocycles. The van der Waals surface area contributed by atoms with Crippen molar-refractivity contribution in [2.24, 2.45) is 11.8 Å². The van der Waals surface area contributed by atoms with Crippen LogP contribution in [0.15, 0.2) is 23.2 Å². The van der Waals surface area contributed by atoms with Crippen LogP contribution in [-0.4, -0.2) is 48.8 Å². The largest absolute Gasteiger partial charge is 0.435 e. The second-order valence-corrected chi connectivity index (χ2v) is 9.60. The fourth-order valence-corrected chi connectivity index (χ4v) is 4.32. The van der Waals surface area contributed by atoms with Gasteiger partial charge in [0.2, 0.25) is 0 Å². The maximum absolute atomic E-state index is 13.5. The fraction of sp³-hybridized carbons (Fsp3) is 0.500. The molecule has 2 aromatic rings. The highest BCUT2D eigenvalue weighted by atomic mass is 32.2. The standard InChI is InChI=1S/C18H21F3N4O3S/c1-11-6-12(2)9-24(8-11)17-14(10-26)16(18(19,20)21)23-25(17)15-5-4-13(7-22-15)29(3,27)28/h4-5,7,10-12H,6,8-9H2,1-3H3. The van der Waals surface area contributed by atoms with Crippen molar-refractivity contribution in [3.05, 3.63) is 29.6 Å². The van der Waals surface area contributed by atoms with E-state index >= 15 is 0 Å². The molecule has 0 spiro atoms. The number of hydrogen-bond acceptors (Lipinski definition) is 6. The van der Waals surface area contributed by atoms with E-state index < -0.39 is 27.3 Å². The maximum atomic E-state index is 13.5. The van der Waals surface area contributed by atoms with E-state index in [1.54, 1.807) is 4.90 Å². The van der Waals surface area contributed by atoms with Gasteiger partial charge in [-0.25, -0.2) is 13.4 Å². The van der Waals surface area contributed by atoms with Crippen LogP contribution in [0.5, 0.6) is 0 Å². The summed E-state index contributed by atoms with van der Waals surface area (Å²) in [4.78, 5) is 17.3. The monoisotopic (exact) mass is 430 g/mol. The second kappa shape index (κ2) is 7.43. The van der Waals surface area contributed by atoms with Crippen molar-refractivity contribution in [3.63, 3.8) is 0 Å². The van der Waals surface area contributed by atoms with Crippen molar-refractivity contribution >= 4 is 21.9 Å². The molecule has 0 radical (unpaired) electrons. The number of aromatic nitrogens is 3. The molecule has 1 aliphatic heterocycles. The Morgan fingerprint density at radius 1 is 1.17 bits per heavy atom. The Morgan fingerprint density at radius 2 is 1.79 bits per heavy atom. The summed E-state index contributed by atoms with van der Waals surface area (Å²) >= 11 is 0. The zero-order valence-corrected chi connectivity index (χ0v) is 17.0. The van der Waals surface area contributed by atoms with Gasteiger partial charge in [0.25, 0.3) is 0 Å². The summed E-state index contributed by atoms with van der Waals surface area (Å²) < 4.78 is 64.8. The fourth-order valence-electron chi connectivity index (χ4n) is 3.76. The molecule has 1 aliphatic rings. The number of carbonyl (C=O) groups excluding carboxylic acids is 1. The summed E-state index contributed by atoms with van der Waals surface area (Å²) in [7, 11) is -3.52. The number of nitrogens with zero attached hydrogens (tertiary/aromatic N) is 4. The summed E-state index contributed by atoms with van der Waals surface area (Å²) in [6, 6.07) is 2.52. The number of hydrogen-bond donors (Lipinski definition) is 0. The molecule has 7 nitrogen and oxygen atoms in total. The highest BCUT2D eigenvalue weighted by molar-refractivity contribution is 7.90. The number of alkyl halides is 3.